The molecule has 0 amide bonds. The number of ether oxygens (including phenoxy) is 6. The lowest BCUT2D eigenvalue weighted by atomic mass is 9.43. The second-order valence-corrected chi connectivity index (χ2v) is 14.2. The Bertz CT molecular complexity index is 1310. The van der Waals surface area contributed by atoms with E-state index in [0.717, 1.165) is 19.4 Å². The first-order chi connectivity index (χ1) is 21.0. The predicted octanol–water partition coefficient (Wildman–Crippen LogP) is 1.29. The molecule has 6 fully saturated rings. The lowest BCUT2D eigenvalue weighted by molar-refractivity contribution is -0.316. The molecular formula is C33H45NO10. The number of likely N-dealkylation sites (tertiary alicyclic amines) is 1. The van der Waals surface area contributed by atoms with E-state index in [1.165, 1.54) is 14.0 Å². The highest BCUT2D eigenvalue weighted by atomic mass is 16.6. The van der Waals surface area contributed by atoms with Crippen molar-refractivity contribution in [1.29, 1.82) is 0 Å². The topological polar surface area (TPSA) is 133 Å². The molecule has 44 heavy (non-hydrogen) atoms. The molecule has 1 aromatic carbocycles. The Labute approximate surface area is 258 Å². The first kappa shape index (κ1) is 30.5. The predicted molar refractivity (Wildman–Crippen MR) is 154 cm³/mol. The van der Waals surface area contributed by atoms with Crippen LogP contribution >= 0.6 is 0 Å². The van der Waals surface area contributed by atoms with E-state index >= 15 is 0 Å². The van der Waals surface area contributed by atoms with Crippen LogP contribution in [0.2, 0.25) is 0 Å². The summed E-state index contributed by atoms with van der Waals surface area (Å²) in [6, 6.07) is 8.39. The zero-order chi connectivity index (χ0) is 31.4. The minimum absolute atomic E-state index is 0.103. The molecule has 5 saturated carbocycles. The molecule has 11 heteroatoms. The smallest absolute Gasteiger partial charge is 0.338 e. The van der Waals surface area contributed by atoms with Crippen molar-refractivity contribution in [2.45, 2.75) is 73.9 Å². The lowest BCUT2D eigenvalue weighted by Gasteiger charge is -2.69. The molecule has 7 bridgehead atoms. The maximum Gasteiger partial charge on any atom is 0.338 e. The van der Waals surface area contributed by atoms with Gasteiger partial charge in [-0.3, -0.25) is 4.79 Å². The van der Waals surface area contributed by atoms with Crippen molar-refractivity contribution in [3.63, 3.8) is 0 Å². The summed E-state index contributed by atoms with van der Waals surface area (Å²) in [5, 5.41) is 25.1. The third-order valence-corrected chi connectivity index (χ3v) is 12.8. The summed E-state index contributed by atoms with van der Waals surface area (Å²) in [6.45, 7) is 2.56. The van der Waals surface area contributed by atoms with Gasteiger partial charge in [0.05, 0.1) is 24.4 Å². The molecule has 7 rings (SSSR count). The molecule has 6 aliphatic rings. The summed E-state index contributed by atoms with van der Waals surface area (Å²) in [6.07, 6.45) is -2.66. The fourth-order valence-electron chi connectivity index (χ4n) is 12.3. The zero-order valence-electron chi connectivity index (χ0n) is 26.3. The Morgan fingerprint density at radius 2 is 1.75 bits per heavy atom. The van der Waals surface area contributed by atoms with Crippen molar-refractivity contribution in [3.05, 3.63) is 35.9 Å². The second-order valence-electron chi connectivity index (χ2n) is 14.2. The number of carbonyl (C=O) groups excluding carboxylic acids is 2. The maximum atomic E-state index is 13.7. The van der Waals surface area contributed by atoms with Gasteiger partial charge < -0.3 is 43.5 Å². The fourth-order valence-corrected chi connectivity index (χ4v) is 12.3. The van der Waals surface area contributed by atoms with Gasteiger partial charge in [-0.15, -0.1) is 0 Å². The number of aliphatic hydroxyl groups excluding tert-OH is 1. The van der Waals surface area contributed by atoms with E-state index in [2.05, 4.69) is 11.9 Å². The highest BCUT2D eigenvalue weighted by molar-refractivity contribution is 5.89. The number of rotatable bonds is 8. The van der Waals surface area contributed by atoms with Crippen molar-refractivity contribution in [2.24, 2.45) is 34.5 Å². The van der Waals surface area contributed by atoms with E-state index in [9.17, 15) is 19.8 Å². The van der Waals surface area contributed by atoms with Crippen LogP contribution in [-0.4, -0.2) is 123 Å². The van der Waals surface area contributed by atoms with Crippen LogP contribution in [0, 0.1) is 34.5 Å². The van der Waals surface area contributed by atoms with Gasteiger partial charge >= 0.3 is 11.9 Å². The van der Waals surface area contributed by atoms with Gasteiger partial charge in [-0.25, -0.2) is 4.79 Å². The Morgan fingerprint density at radius 3 is 2.36 bits per heavy atom. The molecule has 1 aliphatic heterocycles. The van der Waals surface area contributed by atoms with Crippen molar-refractivity contribution >= 4 is 11.9 Å². The summed E-state index contributed by atoms with van der Waals surface area (Å²) in [5.74, 6) is -2.96. The molecule has 0 aromatic heterocycles. The summed E-state index contributed by atoms with van der Waals surface area (Å²) < 4.78 is 37.5. The molecule has 5 aliphatic carbocycles. The summed E-state index contributed by atoms with van der Waals surface area (Å²) in [7, 11) is 8.63. The van der Waals surface area contributed by atoms with Crippen molar-refractivity contribution < 1.29 is 48.2 Å². The molecule has 2 unspecified atom stereocenters. The standard InChI is InChI=1S/C33H45NO10/c1-17(35)44-33-21-19(14-31(38,28(42-6)26(33)36)27(21)43-29(37)18-10-8-7-9-11-18)32-20(40-4)12-13-30(16-39-3)15-34(2)25(32)22(33)23(41-5)24(30)32/h7-11,19-28,36,38H,12-16H2,1-6H3/t19-,20+,21-,22?,23?,24-,25-,26+,27-,28+,30+,31-,32+,33-/m1/s1. The molecule has 14 atom stereocenters. The zero-order valence-corrected chi connectivity index (χ0v) is 26.3. The minimum Gasteiger partial charge on any atom is -0.455 e. The van der Waals surface area contributed by atoms with Crippen LogP contribution in [0.5, 0.6) is 0 Å². The Kier molecular flexibility index (Phi) is 7.07. The lowest BCUT2D eigenvalue weighted by Crippen LogP contribution is -2.80. The number of fused-ring (bicyclic) bond motifs is 2. The number of hydrogen-bond donors (Lipinski definition) is 2. The molecule has 1 heterocycles. The Morgan fingerprint density at radius 1 is 1.02 bits per heavy atom. The van der Waals surface area contributed by atoms with Gasteiger partial charge in [-0.2, -0.15) is 0 Å². The van der Waals surface area contributed by atoms with Gasteiger partial charge in [0, 0.05) is 76.5 Å². The Balaban J connectivity index is 1.51. The van der Waals surface area contributed by atoms with Gasteiger partial charge in [0.25, 0.3) is 0 Å². The molecule has 1 aromatic rings. The molecule has 11 nitrogen and oxygen atoms in total. The van der Waals surface area contributed by atoms with Crippen LogP contribution in [0.4, 0.5) is 0 Å². The molecule has 1 saturated heterocycles. The highest BCUT2D eigenvalue weighted by Gasteiger charge is 2.91. The van der Waals surface area contributed by atoms with Gasteiger partial charge in [0.1, 0.15) is 23.9 Å². The highest BCUT2D eigenvalue weighted by Crippen LogP contribution is 2.80. The maximum absolute atomic E-state index is 13.7. The van der Waals surface area contributed by atoms with Gasteiger partial charge in [0.2, 0.25) is 0 Å². The third kappa shape index (κ3) is 3.41. The van der Waals surface area contributed by atoms with E-state index in [0.29, 0.717) is 12.2 Å². The van der Waals surface area contributed by atoms with E-state index in [4.69, 9.17) is 28.4 Å². The normalized spacial score (nSPS) is 49.9. The largest absolute Gasteiger partial charge is 0.455 e. The summed E-state index contributed by atoms with van der Waals surface area (Å²) in [5.41, 5.74) is -3.93. The quantitative estimate of drug-likeness (QED) is 0.410. The van der Waals surface area contributed by atoms with Crippen molar-refractivity contribution in [1.82, 2.24) is 4.90 Å². The summed E-state index contributed by atoms with van der Waals surface area (Å²) in [4.78, 5) is 29.2. The number of benzene rings is 1. The SMILES string of the molecule is COC[C@@]12CC[C@H](OC)[C@@]34[C@@H]5C[C@@]6(O)[C@H](OC(=O)c7ccccc7)[C@@H]5[C@@](OC(C)=O)(C(C(OC)[C@H]13)[C@H]4N(C)C2)[C@@H](O)[C@@H]6OC. The number of nitrogens with zero attached hydrogens (tertiary/aromatic N) is 1. The monoisotopic (exact) mass is 615 g/mol. The third-order valence-electron chi connectivity index (χ3n) is 12.8. The van der Waals surface area contributed by atoms with Crippen LogP contribution in [0.1, 0.15) is 36.5 Å². The number of methoxy groups -OCH3 is 4. The van der Waals surface area contributed by atoms with E-state index in [-0.39, 0.29) is 35.8 Å². The average Bonchev–Trinajstić information content (AvgIpc) is 3.39. The Hall–Kier alpha value is -2.12. The van der Waals surface area contributed by atoms with Gasteiger partial charge in [-0.1, -0.05) is 18.2 Å². The van der Waals surface area contributed by atoms with Crippen molar-refractivity contribution in [2.75, 3.05) is 48.6 Å². The minimum atomic E-state index is -1.76. The van der Waals surface area contributed by atoms with Crippen LogP contribution < -0.4 is 0 Å². The number of carbonyl (C=O) groups is 2. The number of aliphatic hydroxyl groups is 2. The number of esters is 2. The molecule has 0 radical (unpaired) electrons. The summed E-state index contributed by atoms with van der Waals surface area (Å²) >= 11 is 0. The van der Waals surface area contributed by atoms with E-state index in [1.807, 2.05) is 6.07 Å². The number of hydrogen-bond acceptors (Lipinski definition) is 11. The molecule has 2 N–H and O–H groups in total. The first-order valence-corrected chi connectivity index (χ1v) is 15.7. The first-order valence-electron chi connectivity index (χ1n) is 15.7. The van der Waals surface area contributed by atoms with Gasteiger partial charge in [0.15, 0.2) is 5.60 Å². The molecule has 1 spiro atoms. The fraction of sp³-hybridized carbons (Fsp3) is 0.758. The van der Waals surface area contributed by atoms with Gasteiger partial charge in [-0.05, 0) is 44.4 Å². The number of piperidine rings is 1. The van der Waals surface area contributed by atoms with Crippen LogP contribution in [0.15, 0.2) is 30.3 Å². The second kappa shape index (κ2) is 10.2. The van der Waals surface area contributed by atoms with E-state index in [1.54, 1.807) is 45.6 Å². The van der Waals surface area contributed by atoms with Crippen molar-refractivity contribution in [3.8, 4) is 0 Å². The van der Waals surface area contributed by atoms with E-state index < -0.39 is 64.8 Å². The molecule has 242 valence electrons. The molecular weight excluding hydrogens is 570 g/mol. The van der Waals surface area contributed by atoms with Crippen LogP contribution in [0.3, 0.4) is 0 Å². The average molecular weight is 616 g/mol. The van der Waals surface area contributed by atoms with Crippen LogP contribution in [0.25, 0.3) is 0 Å². The van der Waals surface area contributed by atoms with Crippen LogP contribution in [-0.2, 0) is 33.2 Å².